The van der Waals surface area contributed by atoms with E-state index < -0.39 is 0 Å². The number of phenolic OH excluding ortho intramolecular Hbond substituents is 1. The van der Waals surface area contributed by atoms with E-state index in [9.17, 15) is 9.90 Å². The smallest absolute Gasteiger partial charge is 0.248 e. The van der Waals surface area contributed by atoms with Gasteiger partial charge in [-0.2, -0.15) is 0 Å². The van der Waals surface area contributed by atoms with Crippen molar-refractivity contribution < 1.29 is 5.11 Å². The van der Waals surface area contributed by atoms with E-state index in [1.165, 1.54) is 6.07 Å². The molecule has 0 amide bonds. The summed E-state index contributed by atoms with van der Waals surface area (Å²) in [4.78, 5) is 18.1. The van der Waals surface area contributed by atoms with Gasteiger partial charge in [0.25, 0.3) is 0 Å². The number of rotatable bonds is 5. The number of hydrogen-bond acceptors (Lipinski definition) is 5. The second kappa shape index (κ2) is 6.50. The zero-order valence-electron chi connectivity index (χ0n) is 12.5. The quantitative estimate of drug-likeness (QED) is 0.535. The molecule has 2 aromatic heterocycles. The summed E-state index contributed by atoms with van der Waals surface area (Å²) in [6, 6.07) is 10.4. The number of H-pyrrole nitrogens is 1. The second-order valence-electron chi connectivity index (χ2n) is 5.37. The molecule has 0 saturated heterocycles. The van der Waals surface area contributed by atoms with Crippen LogP contribution in [0.4, 0.5) is 5.82 Å². The molecule has 0 fully saturated rings. The van der Waals surface area contributed by atoms with Crippen LogP contribution in [0.15, 0.2) is 47.4 Å². The van der Waals surface area contributed by atoms with Crippen molar-refractivity contribution in [1.82, 2.24) is 15.3 Å². The van der Waals surface area contributed by atoms with Crippen molar-refractivity contribution >= 4 is 16.7 Å². The van der Waals surface area contributed by atoms with Crippen LogP contribution in [0.25, 0.3) is 10.9 Å². The third kappa shape index (κ3) is 3.49. The van der Waals surface area contributed by atoms with Gasteiger partial charge < -0.3 is 21.1 Å². The number of aromatic hydroxyl groups is 1. The van der Waals surface area contributed by atoms with Gasteiger partial charge in [-0.3, -0.25) is 4.79 Å². The van der Waals surface area contributed by atoms with Crippen LogP contribution in [0.3, 0.4) is 0 Å². The number of aromatic nitrogens is 2. The number of hydrogen-bond donors (Lipinski definition) is 4. The maximum Gasteiger partial charge on any atom is 0.248 e. The molecule has 0 aliphatic rings. The Morgan fingerprint density at radius 1 is 1.17 bits per heavy atom. The molecule has 0 bridgehead atoms. The number of nitrogens with one attached hydrogen (secondary N) is 2. The Bertz CT molecular complexity index is 872. The van der Waals surface area contributed by atoms with Crippen LogP contribution in [0.1, 0.15) is 11.1 Å². The number of pyridine rings is 2. The lowest BCUT2D eigenvalue weighted by Gasteiger charge is -2.09. The third-order valence-electron chi connectivity index (χ3n) is 3.71. The highest BCUT2D eigenvalue weighted by molar-refractivity contribution is 5.87. The summed E-state index contributed by atoms with van der Waals surface area (Å²) < 4.78 is 0. The highest BCUT2D eigenvalue weighted by Gasteiger charge is 2.06. The minimum atomic E-state index is -0.223. The van der Waals surface area contributed by atoms with E-state index in [2.05, 4.69) is 15.3 Å². The molecule has 3 rings (SSSR count). The van der Waals surface area contributed by atoms with Crippen LogP contribution in [0, 0.1) is 0 Å². The van der Waals surface area contributed by atoms with Gasteiger partial charge in [-0.1, -0.05) is 12.1 Å². The van der Waals surface area contributed by atoms with E-state index in [1.807, 2.05) is 12.1 Å². The molecule has 118 valence electrons. The van der Waals surface area contributed by atoms with Gasteiger partial charge in [-0.05, 0) is 42.3 Å². The van der Waals surface area contributed by atoms with Crippen molar-refractivity contribution in [3.63, 3.8) is 0 Å². The largest absolute Gasteiger partial charge is 0.506 e. The summed E-state index contributed by atoms with van der Waals surface area (Å²) in [5.74, 6) is 0.598. The fourth-order valence-corrected chi connectivity index (χ4v) is 2.51. The topological polar surface area (TPSA) is 104 Å². The number of phenols is 1. The molecule has 1 aromatic carbocycles. The SMILES string of the molecule is Nc1ccc(CNCCc2ccc(O)c3[nH]c(=O)ccc23)cn1. The molecule has 0 aliphatic carbocycles. The van der Waals surface area contributed by atoms with E-state index in [-0.39, 0.29) is 11.3 Å². The van der Waals surface area contributed by atoms with Gasteiger partial charge in [-0.25, -0.2) is 4.98 Å². The molecule has 0 saturated carbocycles. The van der Waals surface area contributed by atoms with Gasteiger partial charge in [0, 0.05) is 24.2 Å². The number of aromatic amines is 1. The highest BCUT2D eigenvalue weighted by Crippen LogP contribution is 2.24. The number of anilines is 1. The molecule has 23 heavy (non-hydrogen) atoms. The first kappa shape index (κ1) is 15.1. The van der Waals surface area contributed by atoms with Gasteiger partial charge in [0.2, 0.25) is 5.56 Å². The Kier molecular flexibility index (Phi) is 4.25. The summed E-state index contributed by atoms with van der Waals surface area (Å²) in [5.41, 5.74) is 7.95. The van der Waals surface area contributed by atoms with Gasteiger partial charge in [0.15, 0.2) is 0 Å². The van der Waals surface area contributed by atoms with Gasteiger partial charge in [0.05, 0.1) is 5.52 Å². The molecule has 0 unspecified atom stereocenters. The number of benzene rings is 1. The molecule has 6 nitrogen and oxygen atoms in total. The van der Waals surface area contributed by atoms with Crippen molar-refractivity contribution in [3.05, 3.63) is 64.1 Å². The van der Waals surface area contributed by atoms with E-state index in [1.54, 1.807) is 24.4 Å². The maximum atomic E-state index is 11.4. The van der Waals surface area contributed by atoms with E-state index in [0.717, 1.165) is 29.5 Å². The zero-order valence-corrected chi connectivity index (χ0v) is 12.5. The second-order valence-corrected chi connectivity index (χ2v) is 5.37. The lowest BCUT2D eigenvalue weighted by molar-refractivity contribution is 0.480. The Labute approximate surface area is 133 Å². The maximum absolute atomic E-state index is 11.4. The highest BCUT2D eigenvalue weighted by atomic mass is 16.3. The Hall–Kier alpha value is -2.86. The first-order valence-corrected chi connectivity index (χ1v) is 7.38. The average Bonchev–Trinajstić information content (AvgIpc) is 2.55. The molecule has 2 heterocycles. The number of nitrogens with two attached hydrogens (primary N) is 1. The molecule has 0 radical (unpaired) electrons. The van der Waals surface area contributed by atoms with Crippen LogP contribution >= 0.6 is 0 Å². The molecule has 0 spiro atoms. The van der Waals surface area contributed by atoms with Gasteiger partial charge in [-0.15, -0.1) is 0 Å². The Morgan fingerprint density at radius 2 is 2.04 bits per heavy atom. The van der Waals surface area contributed by atoms with Crippen LogP contribution in [0.2, 0.25) is 0 Å². The lowest BCUT2D eigenvalue weighted by atomic mass is 10.0. The summed E-state index contributed by atoms with van der Waals surface area (Å²) in [7, 11) is 0. The Balaban J connectivity index is 1.66. The third-order valence-corrected chi connectivity index (χ3v) is 3.71. The van der Waals surface area contributed by atoms with Crippen LogP contribution in [-0.2, 0) is 13.0 Å². The van der Waals surface area contributed by atoms with Crippen LogP contribution in [0.5, 0.6) is 5.75 Å². The fourth-order valence-electron chi connectivity index (χ4n) is 2.51. The number of nitrogens with zero attached hydrogens (tertiary/aromatic N) is 1. The summed E-state index contributed by atoms with van der Waals surface area (Å²) >= 11 is 0. The number of fused-ring (bicyclic) bond motifs is 1. The molecule has 3 aromatic rings. The summed E-state index contributed by atoms with van der Waals surface area (Å²) in [6.45, 7) is 1.48. The fraction of sp³-hybridized carbons (Fsp3) is 0.176. The Morgan fingerprint density at radius 3 is 2.83 bits per heavy atom. The van der Waals surface area contributed by atoms with E-state index >= 15 is 0 Å². The molecule has 0 atom stereocenters. The van der Waals surface area contributed by atoms with Crippen molar-refractivity contribution in [3.8, 4) is 5.75 Å². The van der Waals surface area contributed by atoms with Gasteiger partial charge >= 0.3 is 0 Å². The normalized spacial score (nSPS) is 11.0. The summed E-state index contributed by atoms with van der Waals surface area (Å²) in [5, 5.41) is 14.1. The van der Waals surface area contributed by atoms with Crippen molar-refractivity contribution in [2.24, 2.45) is 0 Å². The lowest BCUT2D eigenvalue weighted by Crippen LogP contribution is -2.17. The zero-order chi connectivity index (χ0) is 16.2. The standard InChI is InChI=1S/C17H18N4O2/c18-15-5-1-11(10-20-15)9-19-8-7-12-2-4-14(22)17-13(12)3-6-16(23)21-17/h1-6,10,19,22H,7-9H2,(H2,18,20)(H,21,23). The predicted molar refractivity (Wildman–Crippen MR) is 90.3 cm³/mol. The summed E-state index contributed by atoms with van der Waals surface area (Å²) in [6.07, 6.45) is 2.54. The molecule has 0 aliphatic heterocycles. The first-order valence-electron chi connectivity index (χ1n) is 7.38. The van der Waals surface area contributed by atoms with Crippen molar-refractivity contribution in [2.45, 2.75) is 13.0 Å². The van der Waals surface area contributed by atoms with Gasteiger partial charge in [0.1, 0.15) is 11.6 Å². The van der Waals surface area contributed by atoms with Crippen molar-refractivity contribution in [2.75, 3.05) is 12.3 Å². The van der Waals surface area contributed by atoms with E-state index in [4.69, 9.17) is 5.73 Å². The molecular weight excluding hydrogens is 292 g/mol. The van der Waals surface area contributed by atoms with Crippen LogP contribution in [-0.4, -0.2) is 21.6 Å². The molecule has 5 N–H and O–H groups in total. The van der Waals surface area contributed by atoms with E-state index in [0.29, 0.717) is 17.9 Å². The molecular formula is C17H18N4O2. The minimum Gasteiger partial charge on any atom is -0.506 e. The molecule has 6 heteroatoms. The first-order chi connectivity index (χ1) is 11.1. The van der Waals surface area contributed by atoms with Crippen LogP contribution < -0.4 is 16.6 Å². The predicted octanol–water partition coefficient (Wildman–Crippen LogP) is 1.54. The van der Waals surface area contributed by atoms with Crippen molar-refractivity contribution in [1.29, 1.82) is 0 Å². The monoisotopic (exact) mass is 310 g/mol. The minimum absolute atomic E-state index is 0.0855. The number of nitrogen functional groups attached to an aromatic ring is 1. The average molecular weight is 310 g/mol.